The van der Waals surface area contributed by atoms with E-state index in [4.69, 9.17) is 0 Å². The normalized spacial score (nSPS) is 31.1. The maximum atomic E-state index is 12.6. The van der Waals surface area contributed by atoms with Crippen LogP contribution in [0.25, 0.3) is 0 Å². The molecular weight excluding hydrogens is 224 g/mol. The first-order chi connectivity index (χ1) is 8.74. The maximum Gasteiger partial charge on any atom is 0.184 e. The lowest BCUT2D eigenvalue weighted by molar-refractivity contribution is 0.0819. The molecule has 0 saturated carbocycles. The number of hydrogen-bond acceptors (Lipinski definition) is 3. The molecule has 0 amide bonds. The number of aryl methyl sites for hydroxylation is 1. The van der Waals surface area contributed by atoms with Crippen molar-refractivity contribution in [1.29, 1.82) is 0 Å². The van der Waals surface area contributed by atoms with Gasteiger partial charge in [-0.05, 0) is 44.2 Å². The van der Waals surface area contributed by atoms with E-state index in [1.54, 1.807) is 6.20 Å². The van der Waals surface area contributed by atoms with Gasteiger partial charge in [-0.1, -0.05) is 12.5 Å². The minimum atomic E-state index is 0.176. The number of carbonyl (C=O) groups excluding carboxylic acids is 1. The Hall–Kier alpha value is -1.22. The fourth-order valence-electron chi connectivity index (χ4n) is 3.42. The molecule has 18 heavy (non-hydrogen) atoms. The lowest BCUT2D eigenvalue weighted by Crippen LogP contribution is -2.50. The van der Waals surface area contributed by atoms with Crippen molar-refractivity contribution in [3.05, 3.63) is 29.6 Å². The van der Waals surface area contributed by atoms with Gasteiger partial charge in [0.05, 0.1) is 0 Å². The maximum absolute atomic E-state index is 12.6. The molecule has 2 aliphatic rings. The smallest absolute Gasteiger partial charge is 0.184 e. The van der Waals surface area contributed by atoms with E-state index in [1.807, 2.05) is 19.1 Å². The second kappa shape index (κ2) is 4.81. The number of nitrogens with one attached hydrogen (secondary N) is 1. The van der Waals surface area contributed by atoms with Crippen LogP contribution >= 0.6 is 0 Å². The molecule has 1 aromatic heterocycles. The largest absolute Gasteiger partial charge is 0.311 e. The van der Waals surface area contributed by atoms with Gasteiger partial charge in [-0.2, -0.15) is 0 Å². The molecule has 0 aromatic carbocycles. The first-order valence-electron chi connectivity index (χ1n) is 6.96. The van der Waals surface area contributed by atoms with Crippen LogP contribution in [0.4, 0.5) is 0 Å². The summed E-state index contributed by atoms with van der Waals surface area (Å²) in [6.07, 6.45) is 7.47. The van der Waals surface area contributed by atoms with E-state index in [1.165, 1.54) is 19.3 Å². The van der Waals surface area contributed by atoms with Crippen LogP contribution < -0.4 is 5.32 Å². The number of piperidine rings is 2. The van der Waals surface area contributed by atoms with Crippen LogP contribution in [-0.2, 0) is 0 Å². The van der Waals surface area contributed by atoms with E-state index in [9.17, 15) is 4.79 Å². The molecule has 2 saturated heterocycles. The van der Waals surface area contributed by atoms with Gasteiger partial charge in [0.2, 0.25) is 0 Å². The van der Waals surface area contributed by atoms with Gasteiger partial charge in [0.15, 0.2) is 5.78 Å². The van der Waals surface area contributed by atoms with Crippen LogP contribution in [0.1, 0.15) is 48.2 Å². The molecule has 3 heteroatoms. The molecule has 1 aromatic rings. The average Bonchev–Trinajstić information content (AvgIpc) is 2.38. The van der Waals surface area contributed by atoms with Crippen LogP contribution in [-0.4, -0.2) is 22.9 Å². The molecule has 2 atom stereocenters. The second-order valence-corrected chi connectivity index (χ2v) is 5.69. The van der Waals surface area contributed by atoms with Gasteiger partial charge >= 0.3 is 0 Å². The van der Waals surface area contributed by atoms with Crippen LogP contribution in [0.3, 0.4) is 0 Å². The number of fused-ring (bicyclic) bond motifs is 2. The number of pyridine rings is 1. The van der Waals surface area contributed by atoms with Crippen molar-refractivity contribution >= 4 is 5.78 Å². The van der Waals surface area contributed by atoms with E-state index in [0.29, 0.717) is 17.8 Å². The summed E-state index contributed by atoms with van der Waals surface area (Å²) in [4.78, 5) is 16.8. The summed E-state index contributed by atoms with van der Waals surface area (Å²) in [6.45, 7) is 1.97. The summed E-state index contributed by atoms with van der Waals surface area (Å²) in [7, 11) is 0. The lowest BCUT2D eigenvalue weighted by Gasteiger charge is -2.39. The number of carbonyl (C=O) groups is 1. The van der Waals surface area contributed by atoms with Gasteiger partial charge in [-0.25, -0.2) is 0 Å². The average molecular weight is 244 g/mol. The van der Waals surface area contributed by atoms with E-state index in [-0.39, 0.29) is 11.7 Å². The van der Waals surface area contributed by atoms with E-state index >= 15 is 0 Å². The Morgan fingerprint density at radius 1 is 1.33 bits per heavy atom. The number of nitrogens with zero attached hydrogens (tertiary/aromatic N) is 1. The molecule has 1 N–H and O–H groups in total. The minimum absolute atomic E-state index is 0.176. The molecule has 0 aliphatic carbocycles. The van der Waals surface area contributed by atoms with Crippen LogP contribution in [0, 0.1) is 12.8 Å². The molecule has 2 aliphatic heterocycles. The van der Waals surface area contributed by atoms with Gasteiger partial charge in [0.1, 0.15) is 5.69 Å². The Bertz CT molecular complexity index is 446. The Morgan fingerprint density at radius 3 is 2.72 bits per heavy atom. The zero-order valence-electron chi connectivity index (χ0n) is 10.9. The standard InChI is InChI=1S/C15H20N2O/c1-10-4-3-7-16-14(10)15(18)11-8-12-5-2-6-13(9-11)17-12/h3-4,7,11-13,17H,2,5-6,8-9H2,1H3. The molecule has 2 fully saturated rings. The van der Waals surface area contributed by atoms with Crippen LogP contribution in [0.5, 0.6) is 0 Å². The molecule has 2 unspecified atom stereocenters. The molecule has 3 nitrogen and oxygen atoms in total. The van der Waals surface area contributed by atoms with Gasteiger partial charge in [-0.3, -0.25) is 9.78 Å². The fourth-order valence-corrected chi connectivity index (χ4v) is 3.42. The zero-order valence-corrected chi connectivity index (χ0v) is 10.9. The monoisotopic (exact) mass is 244 g/mol. The van der Waals surface area contributed by atoms with Crippen molar-refractivity contribution in [2.24, 2.45) is 5.92 Å². The predicted octanol–water partition coefficient (Wildman–Crippen LogP) is 2.49. The third-order valence-electron chi connectivity index (χ3n) is 4.33. The Labute approximate surface area is 108 Å². The third kappa shape index (κ3) is 2.19. The number of hydrogen-bond donors (Lipinski definition) is 1. The zero-order chi connectivity index (χ0) is 12.5. The number of ketones is 1. The second-order valence-electron chi connectivity index (χ2n) is 5.69. The van der Waals surface area contributed by atoms with Crippen molar-refractivity contribution in [3.63, 3.8) is 0 Å². The number of aromatic nitrogens is 1. The molecular formula is C15H20N2O. The molecule has 96 valence electrons. The van der Waals surface area contributed by atoms with E-state index in [2.05, 4.69) is 10.3 Å². The number of Topliss-reactive ketones (excluding diaryl/α,β-unsaturated/α-hetero) is 1. The summed E-state index contributed by atoms with van der Waals surface area (Å²) in [5, 5.41) is 3.63. The van der Waals surface area contributed by atoms with E-state index in [0.717, 1.165) is 18.4 Å². The van der Waals surface area contributed by atoms with Crippen molar-refractivity contribution in [2.75, 3.05) is 0 Å². The highest BCUT2D eigenvalue weighted by Gasteiger charge is 2.35. The van der Waals surface area contributed by atoms with Crippen LogP contribution in [0.2, 0.25) is 0 Å². The fraction of sp³-hybridized carbons (Fsp3) is 0.600. The van der Waals surface area contributed by atoms with E-state index < -0.39 is 0 Å². The SMILES string of the molecule is Cc1cccnc1C(=O)C1CC2CCCC(C1)N2. The lowest BCUT2D eigenvalue weighted by atomic mass is 9.77. The van der Waals surface area contributed by atoms with Crippen molar-refractivity contribution in [1.82, 2.24) is 10.3 Å². The summed E-state index contributed by atoms with van der Waals surface area (Å²) in [6, 6.07) is 4.97. The summed E-state index contributed by atoms with van der Waals surface area (Å²) < 4.78 is 0. The first-order valence-corrected chi connectivity index (χ1v) is 6.96. The Balaban J connectivity index is 1.79. The van der Waals surface area contributed by atoms with Crippen LogP contribution in [0.15, 0.2) is 18.3 Å². The van der Waals surface area contributed by atoms with Gasteiger partial charge in [-0.15, -0.1) is 0 Å². The van der Waals surface area contributed by atoms with Crippen molar-refractivity contribution in [2.45, 2.75) is 51.1 Å². The quantitative estimate of drug-likeness (QED) is 0.813. The molecule has 0 radical (unpaired) electrons. The molecule has 0 spiro atoms. The summed E-state index contributed by atoms with van der Waals surface area (Å²) >= 11 is 0. The molecule has 3 heterocycles. The van der Waals surface area contributed by atoms with Crippen molar-refractivity contribution < 1.29 is 4.79 Å². The van der Waals surface area contributed by atoms with Gasteiger partial charge in [0.25, 0.3) is 0 Å². The Morgan fingerprint density at radius 2 is 2.06 bits per heavy atom. The number of rotatable bonds is 2. The predicted molar refractivity (Wildman–Crippen MR) is 70.6 cm³/mol. The summed E-state index contributed by atoms with van der Waals surface area (Å²) in [5.41, 5.74) is 1.69. The highest BCUT2D eigenvalue weighted by Crippen LogP contribution is 2.31. The highest BCUT2D eigenvalue weighted by atomic mass is 16.1. The summed E-state index contributed by atoms with van der Waals surface area (Å²) in [5.74, 6) is 0.432. The Kier molecular flexibility index (Phi) is 3.16. The topological polar surface area (TPSA) is 42.0 Å². The third-order valence-corrected chi connectivity index (χ3v) is 4.33. The van der Waals surface area contributed by atoms with Gasteiger partial charge in [0, 0.05) is 24.2 Å². The molecule has 3 rings (SSSR count). The highest BCUT2D eigenvalue weighted by molar-refractivity contribution is 5.97. The first kappa shape index (κ1) is 11.8. The van der Waals surface area contributed by atoms with Gasteiger partial charge < -0.3 is 5.32 Å². The van der Waals surface area contributed by atoms with Crippen molar-refractivity contribution in [3.8, 4) is 0 Å². The minimum Gasteiger partial charge on any atom is -0.311 e. The molecule has 2 bridgehead atoms.